The van der Waals surface area contributed by atoms with E-state index in [1.54, 1.807) is 37.4 Å². The van der Waals surface area contributed by atoms with E-state index in [1.165, 1.54) is 12.1 Å². The van der Waals surface area contributed by atoms with Gasteiger partial charge in [0.15, 0.2) is 5.78 Å². The number of hydrogen-bond acceptors (Lipinski definition) is 4. The zero-order valence-corrected chi connectivity index (χ0v) is 20.8. The number of carbonyl (C=O) groups excluding carboxylic acids is 2. The number of amides is 1. The molecular formula is C27H34F3N3O2. The van der Waals surface area contributed by atoms with Gasteiger partial charge < -0.3 is 10.2 Å². The van der Waals surface area contributed by atoms with E-state index in [0.29, 0.717) is 30.5 Å². The second-order valence-electron chi connectivity index (χ2n) is 9.77. The Morgan fingerprint density at radius 2 is 1.91 bits per heavy atom. The highest BCUT2D eigenvalue weighted by molar-refractivity contribution is 5.96. The Kier molecular flexibility index (Phi) is 8.36. The van der Waals surface area contributed by atoms with Crippen LogP contribution in [0.3, 0.4) is 0 Å². The molecule has 1 N–H and O–H groups in total. The lowest BCUT2D eigenvalue weighted by Gasteiger charge is -2.31. The van der Waals surface area contributed by atoms with Crippen LogP contribution >= 0.6 is 0 Å². The third kappa shape index (κ3) is 6.28. The number of likely N-dealkylation sites (N-methyl/N-ethyl adjacent to an activating group) is 1. The first-order valence-electron chi connectivity index (χ1n) is 12.0. The number of nitrogens with one attached hydrogen (secondary N) is 1. The number of carbonyl (C=O) groups is 2. The maximum Gasteiger partial charge on any atom is 0.251 e. The van der Waals surface area contributed by atoms with E-state index in [2.05, 4.69) is 10.3 Å². The number of nitrogens with zero attached hydrogens (tertiary/aromatic N) is 2. The van der Waals surface area contributed by atoms with Crippen molar-refractivity contribution in [2.75, 3.05) is 20.6 Å². The summed E-state index contributed by atoms with van der Waals surface area (Å²) in [6, 6.07) is 9.60. The molecule has 1 heterocycles. The van der Waals surface area contributed by atoms with Gasteiger partial charge in [0.05, 0.1) is 5.56 Å². The molecule has 1 fully saturated rings. The van der Waals surface area contributed by atoms with Gasteiger partial charge in [-0.1, -0.05) is 19.1 Å². The maximum atomic E-state index is 14.5. The van der Waals surface area contributed by atoms with E-state index in [9.17, 15) is 22.8 Å². The minimum Gasteiger partial charge on any atom is -0.355 e. The molecule has 3 rings (SSSR count). The average molecular weight is 490 g/mol. The number of ketones is 1. The number of aromatic nitrogens is 1. The van der Waals surface area contributed by atoms with Crippen molar-refractivity contribution in [2.24, 2.45) is 5.41 Å². The van der Waals surface area contributed by atoms with Crippen LogP contribution in [0.2, 0.25) is 0 Å². The van der Waals surface area contributed by atoms with Gasteiger partial charge in [0.1, 0.15) is 5.82 Å². The predicted octanol–water partition coefficient (Wildman–Crippen LogP) is 5.01. The number of Topliss-reactive ketones (excluding diaryl/α,β-unsaturated/α-hetero) is 1. The minimum atomic E-state index is -2.92. The van der Waals surface area contributed by atoms with Crippen LogP contribution in [0.15, 0.2) is 42.6 Å². The normalized spacial score (nSPS) is 16.6. The number of alkyl halides is 2. The summed E-state index contributed by atoms with van der Waals surface area (Å²) in [6.07, 6.45) is 2.87. The van der Waals surface area contributed by atoms with Crippen molar-refractivity contribution in [3.63, 3.8) is 0 Å². The van der Waals surface area contributed by atoms with Gasteiger partial charge >= 0.3 is 0 Å². The highest BCUT2D eigenvalue weighted by atomic mass is 19.3. The monoisotopic (exact) mass is 489 g/mol. The Labute approximate surface area is 205 Å². The van der Waals surface area contributed by atoms with Gasteiger partial charge in [0.2, 0.25) is 5.91 Å². The average Bonchev–Trinajstić information content (AvgIpc) is 3.62. The van der Waals surface area contributed by atoms with Crippen LogP contribution in [0.1, 0.15) is 67.1 Å². The molecule has 1 aromatic carbocycles. The molecule has 0 aliphatic heterocycles. The third-order valence-corrected chi connectivity index (χ3v) is 7.16. The van der Waals surface area contributed by atoms with E-state index < -0.39 is 23.1 Å². The molecule has 0 bridgehead atoms. The molecule has 2 aromatic rings. The predicted molar refractivity (Wildman–Crippen MR) is 129 cm³/mol. The fourth-order valence-corrected chi connectivity index (χ4v) is 4.69. The van der Waals surface area contributed by atoms with Crippen molar-refractivity contribution >= 4 is 11.7 Å². The second-order valence-corrected chi connectivity index (χ2v) is 9.77. The lowest BCUT2D eigenvalue weighted by atomic mass is 9.79. The molecule has 35 heavy (non-hydrogen) atoms. The van der Waals surface area contributed by atoms with Crippen molar-refractivity contribution in [3.8, 4) is 0 Å². The molecule has 8 heteroatoms. The third-order valence-electron chi connectivity index (χ3n) is 7.16. The quantitative estimate of drug-likeness (QED) is 0.426. The number of pyridine rings is 1. The van der Waals surface area contributed by atoms with E-state index in [1.807, 2.05) is 19.0 Å². The first kappa shape index (κ1) is 26.9. The molecule has 5 nitrogen and oxygen atoms in total. The van der Waals surface area contributed by atoms with Crippen LogP contribution in [0, 0.1) is 11.2 Å². The molecule has 190 valence electrons. The van der Waals surface area contributed by atoms with Crippen LogP contribution in [0.25, 0.3) is 0 Å². The summed E-state index contributed by atoms with van der Waals surface area (Å²) in [5.74, 6) is -4.72. The SMILES string of the molecule is CCC(=O)c1ccc(C[C@@H](CNC(=O)C[C@@H](c2ccccn2)C2(C(C)(F)F)CC2)N(C)C)cc1F. The fourth-order valence-electron chi connectivity index (χ4n) is 4.69. The summed E-state index contributed by atoms with van der Waals surface area (Å²) in [4.78, 5) is 31.0. The summed E-state index contributed by atoms with van der Waals surface area (Å²) in [6.45, 7) is 2.88. The molecular weight excluding hydrogens is 455 g/mol. The first-order valence-corrected chi connectivity index (χ1v) is 12.0. The van der Waals surface area contributed by atoms with Gasteiger partial charge in [0, 0.05) is 48.7 Å². The number of rotatable bonds is 12. The van der Waals surface area contributed by atoms with Gasteiger partial charge in [-0.3, -0.25) is 14.6 Å². The highest BCUT2D eigenvalue weighted by Gasteiger charge is 2.64. The van der Waals surface area contributed by atoms with Crippen LogP contribution in [0.4, 0.5) is 13.2 Å². The van der Waals surface area contributed by atoms with Crippen molar-refractivity contribution in [1.82, 2.24) is 15.2 Å². The van der Waals surface area contributed by atoms with Crippen LogP contribution < -0.4 is 5.32 Å². The maximum absolute atomic E-state index is 14.5. The van der Waals surface area contributed by atoms with Crippen LogP contribution in [-0.4, -0.2) is 54.2 Å². The summed E-state index contributed by atoms with van der Waals surface area (Å²) >= 11 is 0. The topological polar surface area (TPSA) is 62.3 Å². The fraction of sp³-hybridized carbons (Fsp3) is 0.519. The zero-order valence-electron chi connectivity index (χ0n) is 20.8. The van der Waals surface area contributed by atoms with Crippen molar-refractivity contribution < 1.29 is 22.8 Å². The Morgan fingerprint density at radius 1 is 1.20 bits per heavy atom. The highest BCUT2D eigenvalue weighted by Crippen LogP contribution is 2.65. The van der Waals surface area contributed by atoms with Gasteiger partial charge in [-0.15, -0.1) is 0 Å². The number of benzene rings is 1. The Bertz CT molecular complexity index is 1030. The van der Waals surface area contributed by atoms with Crippen LogP contribution in [-0.2, 0) is 11.2 Å². The molecule has 2 atom stereocenters. The molecule has 0 saturated heterocycles. The number of hydrogen-bond donors (Lipinski definition) is 1. The summed E-state index contributed by atoms with van der Waals surface area (Å²) in [5, 5.41) is 2.89. The molecule has 1 amide bonds. The zero-order chi connectivity index (χ0) is 25.8. The summed E-state index contributed by atoms with van der Waals surface area (Å²) < 4.78 is 43.5. The van der Waals surface area contributed by atoms with Crippen molar-refractivity contribution in [3.05, 3.63) is 65.2 Å². The Morgan fingerprint density at radius 3 is 2.43 bits per heavy atom. The van der Waals surface area contributed by atoms with Crippen molar-refractivity contribution in [2.45, 2.75) is 63.8 Å². The lowest BCUT2D eigenvalue weighted by Crippen LogP contribution is -2.43. The molecule has 1 saturated carbocycles. The largest absolute Gasteiger partial charge is 0.355 e. The second kappa shape index (κ2) is 10.9. The molecule has 0 radical (unpaired) electrons. The van der Waals surface area contributed by atoms with Crippen LogP contribution in [0.5, 0.6) is 0 Å². The molecule has 1 aliphatic rings. The van der Waals surface area contributed by atoms with E-state index >= 15 is 0 Å². The van der Waals surface area contributed by atoms with E-state index in [4.69, 9.17) is 0 Å². The molecule has 1 aromatic heterocycles. The van der Waals surface area contributed by atoms with Gasteiger partial charge in [0.25, 0.3) is 5.92 Å². The van der Waals surface area contributed by atoms with E-state index in [-0.39, 0.29) is 42.7 Å². The minimum absolute atomic E-state index is 0.0771. The summed E-state index contributed by atoms with van der Waals surface area (Å²) in [5.41, 5.74) is 0.0303. The molecule has 1 aliphatic carbocycles. The molecule has 0 spiro atoms. The van der Waals surface area contributed by atoms with Crippen molar-refractivity contribution in [1.29, 1.82) is 0 Å². The van der Waals surface area contributed by atoms with E-state index in [0.717, 1.165) is 6.92 Å². The summed E-state index contributed by atoms with van der Waals surface area (Å²) in [7, 11) is 3.71. The van der Waals surface area contributed by atoms with Gasteiger partial charge in [-0.25, -0.2) is 13.2 Å². The lowest BCUT2D eigenvalue weighted by molar-refractivity contribution is -0.124. The standard InChI is InChI=1S/C27H34F3N3O2/c1-5-24(34)20-10-9-18(15-22(20)28)14-19(33(3)4)17-32-25(35)16-21(23-8-6-7-13-31-23)27(11-12-27)26(2,29)30/h6-10,13,15,19,21H,5,11-12,14,16-17H2,1-4H3,(H,32,35)/t19-,21-/m0/s1. The first-order chi connectivity index (χ1) is 16.5. The Hall–Kier alpha value is -2.74. The number of halogens is 3. The van der Waals surface area contributed by atoms with Gasteiger partial charge in [-0.2, -0.15) is 0 Å². The van der Waals surface area contributed by atoms with Gasteiger partial charge in [-0.05, 0) is 70.1 Å². The molecule has 0 unspecified atom stereocenters. The Balaban J connectivity index is 1.68. The smallest absolute Gasteiger partial charge is 0.251 e.